The fraction of sp³-hybridized carbons (Fsp3) is 0.444. The molecule has 0 radical (unpaired) electrons. The summed E-state index contributed by atoms with van der Waals surface area (Å²) in [7, 11) is 0. The molecule has 0 atom stereocenters. The van der Waals surface area contributed by atoms with Crippen molar-refractivity contribution in [3.8, 4) is 0 Å². The summed E-state index contributed by atoms with van der Waals surface area (Å²) in [5, 5.41) is 0. The average Bonchev–Trinajstić information content (AvgIpc) is 1.88. The number of hydrogen-bond donors (Lipinski definition) is 0. The van der Waals surface area contributed by atoms with Crippen LogP contribution in [0.1, 0.15) is 26.7 Å². The van der Waals surface area contributed by atoms with Crippen molar-refractivity contribution in [2.75, 3.05) is 0 Å². The summed E-state index contributed by atoms with van der Waals surface area (Å²) in [5.41, 5.74) is 3.75. The van der Waals surface area contributed by atoms with Crippen LogP contribution in [0.25, 0.3) is 0 Å². The maximum absolute atomic E-state index is 3.97. The van der Waals surface area contributed by atoms with Gasteiger partial charge in [-0.15, -0.1) is 0 Å². The first-order valence-electron chi connectivity index (χ1n) is 3.59. The predicted octanol–water partition coefficient (Wildman–Crippen LogP) is 2.70. The number of rotatable bonds is 1. The molecular formula is C9H13N. The zero-order chi connectivity index (χ0) is 7.56. The quantitative estimate of drug-likeness (QED) is 0.490. The van der Waals surface area contributed by atoms with E-state index in [4.69, 9.17) is 0 Å². The fourth-order valence-corrected chi connectivity index (χ4v) is 1.32. The van der Waals surface area contributed by atoms with E-state index in [2.05, 4.69) is 31.6 Å². The molecule has 1 nitrogen and oxygen atoms in total. The van der Waals surface area contributed by atoms with Gasteiger partial charge in [-0.3, -0.25) is 4.99 Å². The summed E-state index contributed by atoms with van der Waals surface area (Å²) in [6.45, 7) is 7.75. The highest BCUT2D eigenvalue weighted by Gasteiger charge is 2.06. The summed E-state index contributed by atoms with van der Waals surface area (Å²) >= 11 is 0. The minimum atomic E-state index is 1.10. The van der Waals surface area contributed by atoms with Crippen LogP contribution < -0.4 is 0 Å². The van der Waals surface area contributed by atoms with Crippen molar-refractivity contribution in [3.05, 3.63) is 22.9 Å². The zero-order valence-corrected chi connectivity index (χ0v) is 6.65. The van der Waals surface area contributed by atoms with Gasteiger partial charge in [0, 0.05) is 0 Å². The molecule has 0 heterocycles. The highest BCUT2D eigenvalue weighted by Crippen LogP contribution is 2.24. The second kappa shape index (κ2) is 2.82. The molecule has 0 aromatic rings. The third-order valence-electron chi connectivity index (χ3n) is 1.91. The Morgan fingerprint density at radius 1 is 1.50 bits per heavy atom. The van der Waals surface area contributed by atoms with E-state index in [9.17, 15) is 0 Å². The predicted molar refractivity (Wildman–Crippen MR) is 45.2 cm³/mol. The Balaban J connectivity index is 2.97. The largest absolute Gasteiger partial charge is 0.264 e. The summed E-state index contributed by atoms with van der Waals surface area (Å²) in [5.74, 6) is 0. The number of aliphatic imine (C=N–C) groups is 1. The molecule has 0 aromatic carbocycles. The summed E-state index contributed by atoms with van der Waals surface area (Å²) < 4.78 is 0. The third-order valence-corrected chi connectivity index (χ3v) is 1.91. The van der Waals surface area contributed by atoms with Gasteiger partial charge in [0.2, 0.25) is 0 Å². The maximum Gasteiger partial charge on any atom is 0.0637 e. The van der Waals surface area contributed by atoms with Gasteiger partial charge in [-0.05, 0) is 44.6 Å². The highest BCUT2D eigenvalue weighted by atomic mass is 14.7. The fourth-order valence-electron chi connectivity index (χ4n) is 1.32. The Bertz CT molecular complexity index is 209. The molecule has 1 aliphatic rings. The molecule has 54 valence electrons. The molecule has 0 aromatic heterocycles. The minimum absolute atomic E-state index is 1.10. The van der Waals surface area contributed by atoms with Gasteiger partial charge in [-0.25, -0.2) is 0 Å². The minimum Gasteiger partial charge on any atom is -0.264 e. The number of hydrogen-bond acceptors (Lipinski definition) is 1. The average molecular weight is 135 g/mol. The van der Waals surface area contributed by atoms with E-state index in [1.807, 2.05) is 0 Å². The van der Waals surface area contributed by atoms with Crippen LogP contribution in [0.4, 0.5) is 0 Å². The Labute approximate surface area is 62.2 Å². The van der Waals surface area contributed by atoms with Crippen molar-refractivity contribution in [2.24, 2.45) is 4.99 Å². The van der Waals surface area contributed by atoms with E-state index in [1.54, 1.807) is 0 Å². The van der Waals surface area contributed by atoms with E-state index < -0.39 is 0 Å². The van der Waals surface area contributed by atoms with Gasteiger partial charge in [-0.2, -0.15) is 0 Å². The van der Waals surface area contributed by atoms with Crippen LogP contribution in [-0.4, -0.2) is 6.72 Å². The smallest absolute Gasteiger partial charge is 0.0637 e. The molecule has 0 spiro atoms. The van der Waals surface area contributed by atoms with Crippen molar-refractivity contribution >= 4 is 6.72 Å². The van der Waals surface area contributed by atoms with Gasteiger partial charge in [-0.1, -0.05) is 6.08 Å². The highest BCUT2D eigenvalue weighted by molar-refractivity contribution is 5.41. The Hall–Kier alpha value is -0.850. The molecule has 0 unspecified atom stereocenters. The van der Waals surface area contributed by atoms with Crippen molar-refractivity contribution in [1.29, 1.82) is 0 Å². The van der Waals surface area contributed by atoms with Crippen molar-refractivity contribution in [2.45, 2.75) is 26.7 Å². The Kier molecular flexibility index (Phi) is 2.05. The molecule has 0 bridgehead atoms. The van der Waals surface area contributed by atoms with Crippen LogP contribution in [0.5, 0.6) is 0 Å². The van der Waals surface area contributed by atoms with Crippen LogP contribution in [0, 0.1) is 0 Å². The van der Waals surface area contributed by atoms with Crippen LogP contribution in [-0.2, 0) is 0 Å². The van der Waals surface area contributed by atoms with E-state index >= 15 is 0 Å². The standard InChI is InChI=1S/C9H13N/c1-7-5-4-6-8(2)9(7)10-3/h5H,3-4,6H2,1-2H3. The van der Waals surface area contributed by atoms with Crippen molar-refractivity contribution < 1.29 is 0 Å². The van der Waals surface area contributed by atoms with Gasteiger partial charge in [0.1, 0.15) is 0 Å². The number of allylic oxidation sites excluding steroid dienone is 3. The Morgan fingerprint density at radius 2 is 2.20 bits per heavy atom. The molecule has 0 aliphatic heterocycles. The van der Waals surface area contributed by atoms with E-state index in [0.717, 1.165) is 18.5 Å². The second-order valence-electron chi connectivity index (χ2n) is 2.71. The lowest BCUT2D eigenvalue weighted by atomic mass is 9.98. The molecule has 10 heavy (non-hydrogen) atoms. The molecule has 1 heteroatoms. The lowest BCUT2D eigenvalue weighted by Crippen LogP contribution is -1.93. The molecule has 0 N–H and O–H groups in total. The molecule has 0 amide bonds. The summed E-state index contributed by atoms with van der Waals surface area (Å²) in [4.78, 5) is 3.97. The molecule has 1 rings (SSSR count). The molecule has 0 saturated carbocycles. The normalized spacial score (nSPS) is 18.8. The number of nitrogens with zero attached hydrogens (tertiary/aromatic N) is 1. The van der Waals surface area contributed by atoms with Gasteiger partial charge >= 0.3 is 0 Å². The van der Waals surface area contributed by atoms with E-state index in [-0.39, 0.29) is 0 Å². The van der Waals surface area contributed by atoms with Crippen molar-refractivity contribution in [1.82, 2.24) is 0 Å². The van der Waals surface area contributed by atoms with Crippen LogP contribution >= 0.6 is 0 Å². The first kappa shape index (κ1) is 7.26. The second-order valence-corrected chi connectivity index (χ2v) is 2.71. The first-order chi connectivity index (χ1) is 4.75. The van der Waals surface area contributed by atoms with Gasteiger partial charge < -0.3 is 0 Å². The lowest BCUT2D eigenvalue weighted by Gasteiger charge is -2.12. The van der Waals surface area contributed by atoms with Crippen LogP contribution in [0.2, 0.25) is 0 Å². The lowest BCUT2D eigenvalue weighted by molar-refractivity contribution is 0.912. The third kappa shape index (κ3) is 1.18. The Morgan fingerprint density at radius 3 is 2.60 bits per heavy atom. The summed E-state index contributed by atoms with van der Waals surface area (Å²) in [6, 6.07) is 0. The zero-order valence-electron chi connectivity index (χ0n) is 6.65. The topological polar surface area (TPSA) is 12.4 Å². The molecule has 0 fully saturated rings. The van der Waals surface area contributed by atoms with E-state index in [1.165, 1.54) is 11.1 Å². The monoisotopic (exact) mass is 135 g/mol. The van der Waals surface area contributed by atoms with Gasteiger partial charge in [0.05, 0.1) is 5.70 Å². The first-order valence-corrected chi connectivity index (χ1v) is 3.59. The van der Waals surface area contributed by atoms with Crippen LogP contribution in [0.15, 0.2) is 27.9 Å². The van der Waals surface area contributed by atoms with Crippen molar-refractivity contribution in [3.63, 3.8) is 0 Å². The van der Waals surface area contributed by atoms with E-state index in [0.29, 0.717) is 0 Å². The maximum atomic E-state index is 3.97. The summed E-state index contributed by atoms with van der Waals surface area (Å²) in [6.07, 6.45) is 4.53. The van der Waals surface area contributed by atoms with Crippen LogP contribution in [0.3, 0.4) is 0 Å². The SMILES string of the molecule is C=NC1=C(C)CCC=C1C. The molecule has 1 aliphatic carbocycles. The molecule has 0 saturated heterocycles. The molecular weight excluding hydrogens is 122 g/mol. The van der Waals surface area contributed by atoms with Gasteiger partial charge in [0.15, 0.2) is 0 Å². The van der Waals surface area contributed by atoms with Gasteiger partial charge in [0.25, 0.3) is 0 Å².